The van der Waals surface area contributed by atoms with E-state index in [9.17, 15) is 4.79 Å². The van der Waals surface area contributed by atoms with Crippen molar-refractivity contribution >= 4 is 40.3 Å². The summed E-state index contributed by atoms with van der Waals surface area (Å²) >= 11 is 7.82. The molecule has 37 heavy (non-hydrogen) atoms. The minimum Gasteiger partial charge on any atom is -0.496 e. The zero-order chi connectivity index (χ0) is 25.6. The number of aromatic nitrogens is 3. The van der Waals surface area contributed by atoms with Crippen molar-refractivity contribution in [1.82, 2.24) is 19.9 Å². The lowest BCUT2D eigenvalue weighted by molar-refractivity contribution is 0.0950. The molecule has 2 aromatic heterocycles. The van der Waals surface area contributed by atoms with Gasteiger partial charge in [-0.2, -0.15) is 0 Å². The summed E-state index contributed by atoms with van der Waals surface area (Å²) in [6.07, 6.45) is 3.59. The average molecular weight is 529 g/mol. The molecule has 0 aliphatic carbocycles. The number of fused-ring (bicyclic) bond motifs is 1. The fourth-order valence-corrected chi connectivity index (χ4v) is 5.23. The van der Waals surface area contributed by atoms with Gasteiger partial charge in [0.1, 0.15) is 5.75 Å². The second-order valence-corrected chi connectivity index (χ2v) is 9.83. The van der Waals surface area contributed by atoms with Crippen LogP contribution in [0.1, 0.15) is 27.0 Å². The summed E-state index contributed by atoms with van der Waals surface area (Å²) in [6.45, 7) is 1.01. The lowest BCUT2D eigenvalue weighted by atomic mass is 10.1. The SMILES string of the molecule is COc1ccccc1CNC(=O)c1ccc(Cn2c(SCc3cccc(Cl)c3)nc3ccncc32)cc1. The number of carbonyl (C=O) groups is 1. The van der Waals surface area contributed by atoms with Gasteiger partial charge in [0, 0.05) is 34.6 Å². The maximum Gasteiger partial charge on any atom is 0.251 e. The van der Waals surface area contributed by atoms with Gasteiger partial charge in [-0.15, -0.1) is 0 Å². The van der Waals surface area contributed by atoms with Crippen LogP contribution >= 0.6 is 23.4 Å². The van der Waals surface area contributed by atoms with Crippen LogP contribution in [0.5, 0.6) is 5.75 Å². The fraction of sp³-hybridized carbons (Fsp3) is 0.138. The number of hydrogen-bond acceptors (Lipinski definition) is 5. The second kappa shape index (κ2) is 11.5. The first-order valence-electron chi connectivity index (χ1n) is 11.8. The minimum absolute atomic E-state index is 0.132. The number of methoxy groups -OCH3 is 1. The molecule has 1 amide bonds. The van der Waals surface area contributed by atoms with Gasteiger partial charge in [0.2, 0.25) is 0 Å². The lowest BCUT2D eigenvalue weighted by Gasteiger charge is -2.11. The molecule has 0 bridgehead atoms. The van der Waals surface area contributed by atoms with E-state index in [1.807, 2.05) is 79.0 Å². The molecule has 5 aromatic rings. The number of halogens is 1. The van der Waals surface area contributed by atoms with Crippen LogP contribution in [0.25, 0.3) is 11.0 Å². The highest BCUT2D eigenvalue weighted by atomic mass is 35.5. The van der Waals surface area contributed by atoms with Crippen LogP contribution < -0.4 is 10.1 Å². The third-order valence-corrected chi connectivity index (χ3v) is 7.24. The third-order valence-electron chi connectivity index (χ3n) is 5.96. The first kappa shape index (κ1) is 24.9. The fourth-order valence-electron chi connectivity index (χ4n) is 4.06. The Kier molecular flexibility index (Phi) is 7.73. The number of nitrogens with one attached hydrogen (secondary N) is 1. The number of ether oxygens (including phenoxy) is 1. The molecule has 0 aliphatic rings. The molecule has 0 saturated heterocycles. The number of hydrogen-bond donors (Lipinski definition) is 1. The number of rotatable bonds is 9. The van der Waals surface area contributed by atoms with Gasteiger partial charge in [-0.3, -0.25) is 9.78 Å². The van der Waals surface area contributed by atoms with Gasteiger partial charge in [-0.25, -0.2) is 4.98 Å². The molecule has 0 unspecified atom stereocenters. The predicted molar refractivity (Wildman–Crippen MR) is 148 cm³/mol. The minimum atomic E-state index is -0.132. The van der Waals surface area contributed by atoms with Crippen molar-refractivity contribution in [1.29, 1.82) is 0 Å². The number of para-hydroxylation sites is 1. The molecule has 1 N–H and O–H groups in total. The Hall–Kier alpha value is -3.81. The van der Waals surface area contributed by atoms with E-state index in [4.69, 9.17) is 21.3 Å². The van der Waals surface area contributed by atoms with Gasteiger partial charge in [0.05, 0.1) is 30.9 Å². The quantitative estimate of drug-likeness (QED) is 0.225. The zero-order valence-electron chi connectivity index (χ0n) is 20.2. The summed E-state index contributed by atoms with van der Waals surface area (Å²) in [7, 11) is 1.63. The van der Waals surface area contributed by atoms with Gasteiger partial charge >= 0.3 is 0 Å². The molecule has 0 aliphatic heterocycles. The van der Waals surface area contributed by atoms with Gasteiger partial charge in [-0.1, -0.05) is 65.8 Å². The summed E-state index contributed by atoms with van der Waals surface area (Å²) in [5.41, 5.74) is 5.60. The third kappa shape index (κ3) is 5.96. The van der Waals surface area contributed by atoms with Crippen LogP contribution in [0.2, 0.25) is 5.02 Å². The van der Waals surface area contributed by atoms with E-state index >= 15 is 0 Å². The van der Waals surface area contributed by atoms with Crippen LogP contribution in [0.15, 0.2) is 96.4 Å². The Morgan fingerprint density at radius 1 is 1.03 bits per heavy atom. The highest BCUT2D eigenvalue weighted by molar-refractivity contribution is 7.98. The Bertz CT molecular complexity index is 1540. The molecule has 186 valence electrons. The highest BCUT2D eigenvalue weighted by Crippen LogP contribution is 2.28. The molecule has 0 atom stereocenters. The number of nitrogens with zero attached hydrogens (tertiary/aromatic N) is 3. The second-order valence-electron chi connectivity index (χ2n) is 8.45. The molecule has 3 aromatic carbocycles. The Labute approximate surface area is 224 Å². The van der Waals surface area contributed by atoms with Crippen molar-refractivity contribution in [3.05, 3.63) is 119 Å². The van der Waals surface area contributed by atoms with Crippen LogP contribution in [0.3, 0.4) is 0 Å². The molecule has 0 radical (unpaired) electrons. The maximum absolute atomic E-state index is 12.7. The van der Waals surface area contributed by atoms with Crippen LogP contribution in [-0.2, 0) is 18.8 Å². The lowest BCUT2D eigenvalue weighted by Crippen LogP contribution is -2.23. The van der Waals surface area contributed by atoms with Crippen LogP contribution in [0.4, 0.5) is 0 Å². The summed E-state index contributed by atoms with van der Waals surface area (Å²) in [5, 5.41) is 4.60. The molecule has 0 fully saturated rings. The van der Waals surface area contributed by atoms with Crippen molar-refractivity contribution in [2.75, 3.05) is 7.11 Å². The first-order valence-corrected chi connectivity index (χ1v) is 13.1. The highest BCUT2D eigenvalue weighted by Gasteiger charge is 2.13. The van der Waals surface area contributed by atoms with Gasteiger partial charge in [0.15, 0.2) is 5.16 Å². The number of thioether (sulfide) groups is 1. The van der Waals surface area contributed by atoms with E-state index in [2.05, 4.69) is 20.9 Å². The van der Waals surface area contributed by atoms with Crippen molar-refractivity contribution in [3.63, 3.8) is 0 Å². The largest absolute Gasteiger partial charge is 0.496 e. The molecular formula is C29H25ClN4O2S. The molecule has 8 heteroatoms. The number of carbonyl (C=O) groups excluding carboxylic acids is 1. The Morgan fingerprint density at radius 2 is 1.86 bits per heavy atom. The summed E-state index contributed by atoms with van der Waals surface area (Å²) in [6, 6.07) is 25.1. The predicted octanol–water partition coefficient (Wildman–Crippen LogP) is 6.36. The Morgan fingerprint density at radius 3 is 2.68 bits per heavy atom. The number of benzene rings is 3. The normalized spacial score (nSPS) is 11.0. The molecular weight excluding hydrogens is 504 g/mol. The number of pyridine rings is 1. The zero-order valence-corrected chi connectivity index (χ0v) is 21.8. The van der Waals surface area contributed by atoms with Crippen LogP contribution in [-0.4, -0.2) is 27.6 Å². The topological polar surface area (TPSA) is 69.0 Å². The smallest absolute Gasteiger partial charge is 0.251 e. The van der Waals surface area contributed by atoms with E-state index in [0.717, 1.165) is 49.4 Å². The Balaban J connectivity index is 1.30. The van der Waals surface area contributed by atoms with Crippen molar-refractivity contribution in [3.8, 4) is 5.75 Å². The summed E-state index contributed by atoms with van der Waals surface area (Å²) < 4.78 is 7.53. The standard InChI is InChI=1S/C29H25ClN4O2S/c1-36-27-8-3-2-6-23(27)16-32-28(35)22-11-9-20(10-12-22)18-34-26-17-31-14-13-25(26)33-29(34)37-19-21-5-4-7-24(30)15-21/h2-15,17H,16,18-19H2,1H3,(H,32,35). The van der Waals surface area contributed by atoms with Gasteiger partial charge < -0.3 is 14.6 Å². The molecule has 0 spiro atoms. The van der Waals surface area contributed by atoms with E-state index in [0.29, 0.717) is 18.7 Å². The maximum atomic E-state index is 12.7. The molecule has 6 nitrogen and oxygen atoms in total. The molecule has 5 rings (SSSR count). The van der Waals surface area contributed by atoms with E-state index in [1.54, 1.807) is 25.1 Å². The van der Waals surface area contributed by atoms with E-state index in [-0.39, 0.29) is 5.91 Å². The van der Waals surface area contributed by atoms with E-state index in [1.165, 1.54) is 0 Å². The average Bonchev–Trinajstić information content (AvgIpc) is 3.28. The number of imidazole rings is 1. The van der Waals surface area contributed by atoms with Gasteiger partial charge in [0.25, 0.3) is 5.91 Å². The number of amides is 1. The molecule has 0 saturated carbocycles. The van der Waals surface area contributed by atoms with Crippen molar-refractivity contribution in [2.24, 2.45) is 0 Å². The molecule has 2 heterocycles. The van der Waals surface area contributed by atoms with E-state index < -0.39 is 0 Å². The summed E-state index contributed by atoms with van der Waals surface area (Å²) in [4.78, 5) is 21.9. The van der Waals surface area contributed by atoms with Crippen molar-refractivity contribution < 1.29 is 9.53 Å². The first-order chi connectivity index (χ1) is 18.1. The monoisotopic (exact) mass is 528 g/mol. The van der Waals surface area contributed by atoms with Gasteiger partial charge in [-0.05, 0) is 47.5 Å². The van der Waals surface area contributed by atoms with Crippen molar-refractivity contribution in [2.45, 2.75) is 24.0 Å². The summed E-state index contributed by atoms with van der Waals surface area (Å²) in [5.74, 6) is 1.37. The van der Waals surface area contributed by atoms with Crippen LogP contribution in [0, 0.1) is 0 Å².